The Morgan fingerprint density at radius 1 is 1.08 bits per heavy atom. The third-order valence-corrected chi connectivity index (χ3v) is 9.66. The number of hydrogen-bond donors (Lipinski definition) is 0. The molecule has 1 saturated heterocycles. The first-order valence-corrected chi connectivity index (χ1v) is 15.1. The smallest absolute Gasteiger partial charge is 0.233 e. The van der Waals surface area contributed by atoms with Crippen LogP contribution in [0.1, 0.15) is 28.9 Å². The molecule has 0 N–H and O–H groups in total. The second kappa shape index (κ2) is 10.3. The average molecular weight is 535 g/mol. The maximum Gasteiger partial charge on any atom is 0.233 e. The molecule has 1 atom stereocenters. The van der Waals surface area contributed by atoms with E-state index in [9.17, 15) is 13.2 Å². The van der Waals surface area contributed by atoms with Gasteiger partial charge in [0.1, 0.15) is 5.82 Å². The largest absolute Gasteiger partial charge is 0.341 e. The van der Waals surface area contributed by atoms with Crippen LogP contribution in [0.5, 0.6) is 0 Å². The zero-order valence-electron chi connectivity index (χ0n) is 21.2. The number of benzene rings is 3. The zero-order chi connectivity index (χ0) is 26.2. The van der Waals surface area contributed by atoms with Gasteiger partial charge in [0.05, 0.1) is 22.9 Å². The molecule has 2 heterocycles. The molecule has 0 saturated carbocycles. The van der Waals surface area contributed by atoms with Gasteiger partial charge in [-0.2, -0.15) is 0 Å². The highest BCUT2D eigenvalue weighted by Gasteiger charge is 2.32. The van der Waals surface area contributed by atoms with Crippen LogP contribution in [0.4, 0.5) is 0 Å². The van der Waals surface area contributed by atoms with Crippen molar-refractivity contribution in [2.75, 3.05) is 24.3 Å². The maximum absolute atomic E-state index is 13.0. The Kier molecular flexibility index (Phi) is 7.09. The minimum absolute atomic E-state index is 0.0355. The number of rotatable bonds is 7. The van der Waals surface area contributed by atoms with Gasteiger partial charge in [0.15, 0.2) is 15.0 Å². The molecule has 1 fully saturated rings. The lowest BCUT2D eigenvalue weighted by molar-refractivity contribution is -0.128. The number of carbonyl (C=O) groups excluding carboxylic acids is 1. The van der Waals surface area contributed by atoms with Crippen LogP contribution in [0.15, 0.2) is 65.8 Å². The standard InChI is InChI=1S/C28H30N4O3S2/c1-19-11-12-25(20(2)15-19)32-26(16-22-9-6-8-21-7-4-5-10-24(21)22)29-30-28(32)36-17-27(33)31(3)23-13-14-37(34,35)18-23/h4-12,15,23H,13-14,16-18H2,1-3H3. The quantitative estimate of drug-likeness (QED) is 0.328. The molecule has 1 amide bonds. The van der Waals surface area contributed by atoms with E-state index in [1.54, 1.807) is 11.9 Å². The van der Waals surface area contributed by atoms with Crippen LogP contribution in [-0.2, 0) is 21.1 Å². The molecule has 1 aliphatic heterocycles. The Labute approximate surface area is 221 Å². The summed E-state index contributed by atoms with van der Waals surface area (Å²) < 4.78 is 25.8. The summed E-state index contributed by atoms with van der Waals surface area (Å²) in [6.45, 7) is 4.13. The molecule has 5 rings (SSSR count). The molecule has 0 spiro atoms. The zero-order valence-corrected chi connectivity index (χ0v) is 22.8. The van der Waals surface area contributed by atoms with E-state index in [0.717, 1.165) is 22.6 Å². The van der Waals surface area contributed by atoms with E-state index in [1.165, 1.54) is 28.1 Å². The normalized spacial score (nSPS) is 16.8. The number of fused-ring (bicyclic) bond motifs is 1. The average Bonchev–Trinajstić information content (AvgIpc) is 3.44. The van der Waals surface area contributed by atoms with Gasteiger partial charge in [0.2, 0.25) is 5.91 Å². The van der Waals surface area contributed by atoms with Crippen molar-refractivity contribution < 1.29 is 13.2 Å². The Bertz CT molecular complexity index is 1570. The van der Waals surface area contributed by atoms with E-state index in [2.05, 4.69) is 77.1 Å². The van der Waals surface area contributed by atoms with Gasteiger partial charge in [-0.25, -0.2) is 8.42 Å². The summed E-state index contributed by atoms with van der Waals surface area (Å²) in [6, 6.07) is 20.6. The van der Waals surface area contributed by atoms with Crippen molar-refractivity contribution in [1.29, 1.82) is 0 Å². The van der Waals surface area contributed by atoms with Crippen LogP contribution in [0.2, 0.25) is 0 Å². The maximum atomic E-state index is 13.0. The SMILES string of the molecule is Cc1ccc(-n2c(Cc3cccc4ccccc34)nnc2SCC(=O)N(C)C2CCS(=O)(=O)C2)c(C)c1. The Balaban J connectivity index is 1.45. The molecule has 1 aromatic heterocycles. The Morgan fingerprint density at radius 3 is 2.62 bits per heavy atom. The number of hydrogen-bond acceptors (Lipinski definition) is 6. The third-order valence-electron chi connectivity index (χ3n) is 7.00. The van der Waals surface area contributed by atoms with Gasteiger partial charge in [0.25, 0.3) is 0 Å². The van der Waals surface area contributed by atoms with Gasteiger partial charge in [-0.15, -0.1) is 10.2 Å². The van der Waals surface area contributed by atoms with Crippen LogP contribution < -0.4 is 0 Å². The number of aromatic nitrogens is 3. The predicted molar refractivity (Wildman–Crippen MR) is 148 cm³/mol. The molecule has 4 aromatic rings. The summed E-state index contributed by atoms with van der Waals surface area (Å²) in [4.78, 5) is 14.5. The van der Waals surface area contributed by atoms with Crippen molar-refractivity contribution >= 4 is 38.3 Å². The van der Waals surface area contributed by atoms with Crippen LogP contribution in [0, 0.1) is 13.8 Å². The van der Waals surface area contributed by atoms with Gasteiger partial charge in [-0.05, 0) is 48.2 Å². The monoisotopic (exact) mass is 534 g/mol. The molecule has 0 radical (unpaired) electrons. The summed E-state index contributed by atoms with van der Waals surface area (Å²) in [5.41, 5.74) is 4.41. The number of aryl methyl sites for hydroxylation is 2. The molecule has 7 nitrogen and oxygen atoms in total. The van der Waals surface area contributed by atoms with E-state index in [-0.39, 0.29) is 29.2 Å². The topological polar surface area (TPSA) is 85.2 Å². The summed E-state index contributed by atoms with van der Waals surface area (Å²) in [7, 11) is -1.37. The highest BCUT2D eigenvalue weighted by atomic mass is 32.2. The van der Waals surface area contributed by atoms with Crippen molar-refractivity contribution in [3.05, 3.63) is 83.2 Å². The van der Waals surface area contributed by atoms with E-state index >= 15 is 0 Å². The fraction of sp³-hybridized carbons (Fsp3) is 0.321. The van der Waals surface area contributed by atoms with Crippen LogP contribution in [0.3, 0.4) is 0 Å². The molecule has 1 aliphatic rings. The van der Waals surface area contributed by atoms with E-state index in [1.807, 2.05) is 12.1 Å². The number of nitrogens with zero attached hydrogens (tertiary/aromatic N) is 4. The molecular weight excluding hydrogens is 504 g/mol. The fourth-order valence-corrected chi connectivity index (χ4v) is 7.60. The van der Waals surface area contributed by atoms with Crippen molar-refractivity contribution in [3.63, 3.8) is 0 Å². The second-order valence-corrected chi connectivity index (χ2v) is 12.9. The number of carbonyl (C=O) groups is 1. The Hall–Kier alpha value is -3.17. The fourth-order valence-electron chi connectivity index (χ4n) is 4.94. The molecule has 1 unspecified atom stereocenters. The number of amides is 1. The van der Waals surface area contributed by atoms with Gasteiger partial charge >= 0.3 is 0 Å². The molecule has 0 bridgehead atoms. The first kappa shape index (κ1) is 25.5. The molecule has 0 aliphatic carbocycles. The van der Waals surface area contributed by atoms with Crippen molar-refractivity contribution in [1.82, 2.24) is 19.7 Å². The minimum atomic E-state index is -3.06. The first-order chi connectivity index (χ1) is 17.7. The van der Waals surface area contributed by atoms with E-state index in [4.69, 9.17) is 0 Å². The molecule has 192 valence electrons. The van der Waals surface area contributed by atoms with Crippen LogP contribution in [0.25, 0.3) is 16.5 Å². The van der Waals surface area contributed by atoms with Crippen LogP contribution >= 0.6 is 11.8 Å². The molecule has 3 aromatic carbocycles. The van der Waals surface area contributed by atoms with Gasteiger partial charge < -0.3 is 4.90 Å². The first-order valence-electron chi connectivity index (χ1n) is 12.3. The van der Waals surface area contributed by atoms with Crippen molar-refractivity contribution in [2.45, 2.75) is 37.9 Å². The second-order valence-electron chi connectivity index (χ2n) is 9.69. The molecule has 9 heteroatoms. The Morgan fingerprint density at radius 2 is 1.86 bits per heavy atom. The predicted octanol–water partition coefficient (Wildman–Crippen LogP) is 4.37. The summed E-state index contributed by atoms with van der Waals surface area (Å²) in [6.07, 6.45) is 1.08. The lowest BCUT2D eigenvalue weighted by Gasteiger charge is -2.23. The van der Waals surface area contributed by atoms with Gasteiger partial charge in [-0.1, -0.05) is 71.9 Å². The minimum Gasteiger partial charge on any atom is -0.341 e. The molecular formula is C28H30N4O3S2. The van der Waals surface area contributed by atoms with Crippen molar-refractivity contribution in [2.24, 2.45) is 0 Å². The third kappa shape index (κ3) is 5.43. The van der Waals surface area contributed by atoms with Crippen molar-refractivity contribution in [3.8, 4) is 5.69 Å². The lowest BCUT2D eigenvalue weighted by Crippen LogP contribution is -2.38. The highest BCUT2D eigenvalue weighted by Crippen LogP contribution is 2.28. The lowest BCUT2D eigenvalue weighted by atomic mass is 10.0. The van der Waals surface area contributed by atoms with Gasteiger partial charge in [-0.3, -0.25) is 9.36 Å². The van der Waals surface area contributed by atoms with E-state index < -0.39 is 9.84 Å². The number of sulfone groups is 1. The summed E-state index contributed by atoms with van der Waals surface area (Å²) in [5, 5.41) is 12.1. The number of thioether (sulfide) groups is 1. The highest BCUT2D eigenvalue weighted by molar-refractivity contribution is 7.99. The summed E-state index contributed by atoms with van der Waals surface area (Å²) >= 11 is 1.33. The molecule has 37 heavy (non-hydrogen) atoms. The van der Waals surface area contributed by atoms with Gasteiger partial charge in [0, 0.05) is 19.5 Å². The van der Waals surface area contributed by atoms with Crippen LogP contribution in [-0.4, -0.2) is 64.3 Å². The van der Waals surface area contributed by atoms with E-state index in [0.29, 0.717) is 18.0 Å². The summed E-state index contributed by atoms with van der Waals surface area (Å²) in [5.74, 6) is 1.02.